The third-order valence-electron chi connectivity index (χ3n) is 4.32. The molecule has 4 nitrogen and oxygen atoms in total. The van der Waals surface area contributed by atoms with Crippen molar-refractivity contribution in [2.45, 2.75) is 46.1 Å². The molecule has 23 heavy (non-hydrogen) atoms. The van der Waals surface area contributed by atoms with Crippen LogP contribution in [-0.2, 0) is 9.47 Å². The van der Waals surface area contributed by atoms with Crippen LogP contribution in [0.4, 0.5) is 5.69 Å². The molecule has 1 aromatic rings. The number of aliphatic hydroxyl groups is 1. The predicted molar refractivity (Wildman–Crippen MR) is 96.2 cm³/mol. The van der Waals surface area contributed by atoms with E-state index in [1.807, 2.05) is 0 Å². The minimum absolute atomic E-state index is 0.0750. The van der Waals surface area contributed by atoms with E-state index >= 15 is 0 Å². The number of aliphatic hydroxyl groups excluding tert-OH is 1. The molecule has 1 N–H and O–H groups in total. The van der Waals surface area contributed by atoms with E-state index in [1.54, 1.807) is 0 Å². The molecule has 0 radical (unpaired) electrons. The van der Waals surface area contributed by atoms with E-state index in [2.05, 4.69) is 56.9 Å². The molecular formula is C19H33NO3. The second kappa shape index (κ2) is 10.6. The fourth-order valence-electron chi connectivity index (χ4n) is 2.50. The number of ether oxygens (including phenoxy) is 2. The lowest BCUT2D eigenvalue weighted by Crippen LogP contribution is -2.35. The van der Waals surface area contributed by atoms with Crippen molar-refractivity contribution in [3.63, 3.8) is 0 Å². The van der Waals surface area contributed by atoms with Gasteiger partial charge in [-0.3, -0.25) is 0 Å². The number of anilines is 1. The van der Waals surface area contributed by atoms with Crippen molar-refractivity contribution in [1.29, 1.82) is 0 Å². The first-order valence-corrected chi connectivity index (χ1v) is 8.69. The number of likely N-dealkylation sites (N-methyl/N-ethyl adjacent to an activating group) is 1. The summed E-state index contributed by atoms with van der Waals surface area (Å²) < 4.78 is 11.5. The first-order chi connectivity index (χ1) is 11.0. The quantitative estimate of drug-likeness (QED) is 0.599. The Bertz CT molecular complexity index is 438. The summed E-state index contributed by atoms with van der Waals surface area (Å²) in [4.78, 5) is 2.34. The largest absolute Gasteiger partial charge is 0.394 e. The van der Waals surface area contributed by atoms with E-state index in [1.165, 1.54) is 11.3 Å². The van der Waals surface area contributed by atoms with Gasteiger partial charge in [-0.05, 0) is 51.3 Å². The van der Waals surface area contributed by atoms with Crippen LogP contribution in [0.3, 0.4) is 0 Å². The standard InChI is InChI=1S/C19H33NO3/c1-5-19(4,10-13-22-15-12-21)23-14-11-20(6-2)18-9-7-8-17(3)16-18/h7-9,16,21H,5-6,10-15H2,1-4H3. The van der Waals surface area contributed by atoms with Gasteiger partial charge in [-0.2, -0.15) is 0 Å². The van der Waals surface area contributed by atoms with E-state index in [4.69, 9.17) is 14.6 Å². The smallest absolute Gasteiger partial charge is 0.0697 e. The molecule has 0 aliphatic rings. The Balaban J connectivity index is 2.44. The van der Waals surface area contributed by atoms with Gasteiger partial charge in [-0.25, -0.2) is 0 Å². The zero-order valence-electron chi connectivity index (χ0n) is 15.2. The molecule has 132 valence electrons. The third kappa shape index (κ3) is 7.34. The summed E-state index contributed by atoms with van der Waals surface area (Å²) in [6.07, 6.45) is 1.80. The summed E-state index contributed by atoms with van der Waals surface area (Å²) >= 11 is 0. The Hall–Kier alpha value is -1.10. The van der Waals surface area contributed by atoms with Crippen LogP contribution in [0.5, 0.6) is 0 Å². The molecule has 1 aromatic carbocycles. The number of rotatable bonds is 12. The van der Waals surface area contributed by atoms with Crippen molar-refractivity contribution < 1.29 is 14.6 Å². The summed E-state index contributed by atoms with van der Waals surface area (Å²) in [7, 11) is 0. The summed E-state index contributed by atoms with van der Waals surface area (Å²) in [6, 6.07) is 8.58. The summed E-state index contributed by atoms with van der Waals surface area (Å²) in [6.45, 7) is 12.2. The normalized spacial score (nSPS) is 13.8. The molecule has 0 bridgehead atoms. The van der Waals surface area contributed by atoms with Gasteiger partial charge in [-0.1, -0.05) is 19.1 Å². The Morgan fingerprint density at radius 1 is 1.17 bits per heavy atom. The van der Waals surface area contributed by atoms with Gasteiger partial charge in [0, 0.05) is 25.4 Å². The molecule has 1 unspecified atom stereocenters. The maximum Gasteiger partial charge on any atom is 0.0697 e. The van der Waals surface area contributed by atoms with Crippen molar-refractivity contribution in [3.8, 4) is 0 Å². The molecule has 0 saturated heterocycles. The van der Waals surface area contributed by atoms with Crippen LogP contribution in [0, 0.1) is 6.92 Å². The van der Waals surface area contributed by atoms with Gasteiger partial charge in [0.25, 0.3) is 0 Å². The minimum Gasteiger partial charge on any atom is -0.394 e. The topological polar surface area (TPSA) is 41.9 Å². The molecule has 0 fully saturated rings. The van der Waals surface area contributed by atoms with Gasteiger partial charge in [0.1, 0.15) is 0 Å². The molecule has 0 saturated carbocycles. The van der Waals surface area contributed by atoms with Crippen LogP contribution < -0.4 is 4.90 Å². The lowest BCUT2D eigenvalue weighted by atomic mass is 9.99. The molecule has 0 aliphatic carbocycles. The first-order valence-electron chi connectivity index (χ1n) is 8.69. The molecule has 0 aliphatic heterocycles. The molecule has 4 heteroatoms. The van der Waals surface area contributed by atoms with Gasteiger partial charge in [0.2, 0.25) is 0 Å². The highest BCUT2D eigenvalue weighted by atomic mass is 16.5. The van der Waals surface area contributed by atoms with Gasteiger partial charge in [0.15, 0.2) is 0 Å². The number of hydrogen-bond acceptors (Lipinski definition) is 4. The Kier molecular flexibility index (Phi) is 9.22. The fourth-order valence-corrected chi connectivity index (χ4v) is 2.50. The lowest BCUT2D eigenvalue weighted by Gasteiger charge is -2.31. The predicted octanol–water partition coefficient (Wildman–Crippen LogP) is 3.41. The van der Waals surface area contributed by atoms with Gasteiger partial charge >= 0.3 is 0 Å². The van der Waals surface area contributed by atoms with Crippen LogP contribution >= 0.6 is 0 Å². The summed E-state index contributed by atoms with van der Waals surface area (Å²) in [5.41, 5.74) is 2.36. The first kappa shape index (κ1) is 19.9. The summed E-state index contributed by atoms with van der Waals surface area (Å²) in [5, 5.41) is 8.75. The van der Waals surface area contributed by atoms with E-state index in [9.17, 15) is 0 Å². The van der Waals surface area contributed by atoms with Crippen molar-refractivity contribution in [1.82, 2.24) is 0 Å². The fraction of sp³-hybridized carbons (Fsp3) is 0.684. The SMILES string of the molecule is CCN(CCOC(C)(CC)CCOCCO)c1cccc(C)c1. The highest BCUT2D eigenvalue weighted by Crippen LogP contribution is 2.21. The van der Waals surface area contributed by atoms with Crippen LogP contribution in [0.2, 0.25) is 0 Å². The average Bonchev–Trinajstić information content (AvgIpc) is 2.56. The van der Waals surface area contributed by atoms with Gasteiger partial charge < -0.3 is 19.5 Å². The molecule has 0 amide bonds. The van der Waals surface area contributed by atoms with Crippen molar-refractivity contribution in [3.05, 3.63) is 29.8 Å². The maximum atomic E-state index is 8.75. The Morgan fingerprint density at radius 2 is 1.96 bits per heavy atom. The van der Waals surface area contributed by atoms with Crippen molar-refractivity contribution in [2.24, 2.45) is 0 Å². The van der Waals surface area contributed by atoms with Gasteiger partial charge in [0.05, 0.1) is 25.4 Å². The number of aryl methyl sites for hydroxylation is 1. The average molecular weight is 323 g/mol. The Morgan fingerprint density at radius 3 is 2.57 bits per heavy atom. The van der Waals surface area contributed by atoms with Crippen molar-refractivity contribution >= 4 is 5.69 Å². The molecule has 1 atom stereocenters. The lowest BCUT2D eigenvalue weighted by molar-refractivity contribution is -0.0547. The Labute approximate surface area is 141 Å². The van der Waals surface area contributed by atoms with Crippen LogP contribution in [0.25, 0.3) is 0 Å². The van der Waals surface area contributed by atoms with E-state index < -0.39 is 0 Å². The monoisotopic (exact) mass is 323 g/mol. The summed E-state index contributed by atoms with van der Waals surface area (Å²) in [5.74, 6) is 0. The number of nitrogens with zero attached hydrogens (tertiary/aromatic N) is 1. The van der Waals surface area contributed by atoms with Gasteiger partial charge in [-0.15, -0.1) is 0 Å². The third-order valence-corrected chi connectivity index (χ3v) is 4.32. The zero-order valence-corrected chi connectivity index (χ0v) is 15.2. The second-order valence-electron chi connectivity index (χ2n) is 6.16. The van der Waals surface area contributed by atoms with E-state index in [-0.39, 0.29) is 12.2 Å². The number of benzene rings is 1. The zero-order chi connectivity index (χ0) is 17.1. The minimum atomic E-state index is -0.165. The molecule has 1 rings (SSSR count). The second-order valence-corrected chi connectivity index (χ2v) is 6.16. The van der Waals surface area contributed by atoms with E-state index in [0.717, 1.165) is 25.9 Å². The van der Waals surface area contributed by atoms with Crippen LogP contribution in [0.15, 0.2) is 24.3 Å². The molecule has 0 heterocycles. The molecule has 0 aromatic heterocycles. The highest BCUT2D eigenvalue weighted by molar-refractivity contribution is 5.48. The highest BCUT2D eigenvalue weighted by Gasteiger charge is 2.22. The van der Waals surface area contributed by atoms with E-state index in [0.29, 0.717) is 19.8 Å². The maximum absolute atomic E-state index is 8.75. The molecular weight excluding hydrogens is 290 g/mol. The van der Waals surface area contributed by atoms with Crippen molar-refractivity contribution in [2.75, 3.05) is 44.4 Å². The van der Waals surface area contributed by atoms with Crippen LogP contribution in [0.1, 0.15) is 39.2 Å². The molecule has 0 spiro atoms. The number of hydrogen-bond donors (Lipinski definition) is 1. The van der Waals surface area contributed by atoms with Crippen LogP contribution in [-0.4, -0.2) is 50.2 Å².